The lowest BCUT2D eigenvalue weighted by Crippen LogP contribution is -2.07. The van der Waals surface area contributed by atoms with Gasteiger partial charge in [0.2, 0.25) is 5.91 Å². The second-order valence-corrected chi connectivity index (χ2v) is 6.86. The van der Waals surface area contributed by atoms with E-state index in [0.717, 1.165) is 15.4 Å². The second kappa shape index (κ2) is 8.01. The number of carbonyl (C=O) groups excluding carboxylic acids is 1. The first-order valence-electron chi connectivity index (χ1n) is 8.10. The average Bonchev–Trinajstić information content (AvgIpc) is 3.09. The van der Waals surface area contributed by atoms with Crippen LogP contribution in [0, 0.1) is 5.82 Å². The lowest BCUT2D eigenvalue weighted by molar-refractivity contribution is -0.114. The van der Waals surface area contributed by atoms with Crippen molar-refractivity contribution in [2.45, 2.75) is 13.5 Å². The van der Waals surface area contributed by atoms with Crippen molar-refractivity contribution in [3.8, 4) is 16.2 Å². The fraction of sp³-hybridized carbons (Fsp3) is 0.150. The number of carbonyl (C=O) groups is 1. The van der Waals surface area contributed by atoms with Crippen molar-refractivity contribution in [3.05, 3.63) is 65.3 Å². The van der Waals surface area contributed by atoms with Crippen LogP contribution in [0.3, 0.4) is 0 Å². The minimum absolute atomic E-state index is 0.150. The van der Waals surface area contributed by atoms with E-state index in [1.165, 1.54) is 13.0 Å². The van der Waals surface area contributed by atoms with Gasteiger partial charge in [-0.3, -0.25) is 4.79 Å². The molecule has 4 nitrogen and oxygen atoms in total. The lowest BCUT2D eigenvalue weighted by atomic mass is 10.2. The molecule has 3 aromatic rings. The van der Waals surface area contributed by atoms with Crippen LogP contribution >= 0.6 is 11.3 Å². The van der Waals surface area contributed by atoms with Gasteiger partial charge >= 0.3 is 0 Å². The van der Waals surface area contributed by atoms with Gasteiger partial charge in [0.05, 0.1) is 12.8 Å². The summed E-state index contributed by atoms with van der Waals surface area (Å²) >= 11 is 1.55. The molecule has 0 bridgehead atoms. The lowest BCUT2D eigenvalue weighted by Gasteiger charge is -2.12. The van der Waals surface area contributed by atoms with Gasteiger partial charge < -0.3 is 15.4 Å². The number of hydrogen-bond donors (Lipinski definition) is 2. The standard InChI is InChI=1S/C20H19FN2O2S/c1-13(24)23-18-9-7-14(11-19(18)25-2)22-12-15-8-10-20(26-15)16-5-3-4-6-17(16)21/h3-11,22H,12H2,1-2H3,(H,23,24). The van der Waals surface area contributed by atoms with E-state index in [1.807, 2.05) is 30.3 Å². The molecule has 0 atom stereocenters. The van der Waals surface area contributed by atoms with Crippen molar-refractivity contribution in [2.24, 2.45) is 0 Å². The molecule has 134 valence electrons. The normalized spacial score (nSPS) is 10.4. The van der Waals surface area contributed by atoms with Crippen LogP contribution in [0.15, 0.2) is 54.6 Å². The predicted molar refractivity (Wildman–Crippen MR) is 104 cm³/mol. The molecule has 1 amide bonds. The number of methoxy groups -OCH3 is 1. The van der Waals surface area contributed by atoms with E-state index in [0.29, 0.717) is 23.5 Å². The third-order valence-electron chi connectivity index (χ3n) is 3.78. The number of nitrogens with one attached hydrogen (secondary N) is 2. The van der Waals surface area contributed by atoms with Gasteiger partial charge in [-0.25, -0.2) is 4.39 Å². The maximum atomic E-state index is 13.9. The molecule has 1 aromatic heterocycles. The van der Waals surface area contributed by atoms with E-state index >= 15 is 0 Å². The Labute approximate surface area is 155 Å². The van der Waals surface area contributed by atoms with Gasteiger partial charge in [0.15, 0.2) is 0 Å². The molecule has 1 heterocycles. The molecule has 0 saturated heterocycles. The molecule has 0 saturated carbocycles. The molecule has 0 radical (unpaired) electrons. The number of rotatable bonds is 6. The highest BCUT2D eigenvalue weighted by atomic mass is 32.1. The zero-order valence-corrected chi connectivity index (χ0v) is 15.3. The molecule has 0 unspecified atom stereocenters. The number of anilines is 2. The van der Waals surface area contributed by atoms with E-state index in [2.05, 4.69) is 10.6 Å². The molecule has 2 N–H and O–H groups in total. The third kappa shape index (κ3) is 4.21. The molecule has 26 heavy (non-hydrogen) atoms. The Morgan fingerprint density at radius 2 is 1.96 bits per heavy atom. The molecule has 0 spiro atoms. The second-order valence-electron chi connectivity index (χ2n) is 5.70. The monoisotopic (exact) mass is 370 g/mol. The van der Waals surface area contributed by atoms with E-state index in [1.54, 1.807) is 36.6 Å². The number of hydrogen-bond acceptors (Lipinski definition) is 4. The molecule has 0 fully saturated rings. The summed E-state index contributed by atoms with van der Waals surface area (Å²) in [6.07, 6.45) is 0. The number of halogens is 1. The van der Waals surface area contributed by atoms with Crippen LogP contribution in [-0.4, -0.2) is 13.0 Å². The van der Waals surface area contributed by atoms with Crippen molar-refractivity contribution in [2.75, 3.05) is 17.7 Å². The van der Waals surface area contributed by atoms with Crippen LogP contribution in [0.4, 0.5) is 15.8 Å². The maximum Gasteiger partial charge on any atom is 0.221 e. The SMILES string of the molecule is COc1cc(NCc2ccc(-c3ccccc3F)s2)ccc1NC(C)=O. The minimum atomic E-state index is -0.216. The molecular formula is C20H19FN2O2S. The third-order valence-corrected chi connectivity index (χ3v) is 4.90. The Bertz CT molecular complexity index is 924. The first-order chi connectivity index (χ1) is 12.6. The number of ether oxygens (including phenoxy) is 1. The van der Waals surface area contributed by atoms with E-state index < -0.39 is 0 Å². The van der Waals surface area contributed by atoms with Crippen LogP contribution in [0.25, 0.3) is 10.4 Å². The largest absolute Gasteiger partial charge is 0.494 e. The molecule has 3 rings (SSSR count). The fourth-order valence-corrected chi connectivity index (χ4v) is 3.54. The van der Waals surface area contributed by atoms with Crippen molar-refractivity contribution in [1.29, 1.82) is 0 Å². The van der Waals surface area contributed by atoms with Crippen LogP contribution in [-0.2, 0) is 11.3 Å². The Morgan fingerprint density at radius 3 is 2.69 bits per heavy atom. The molecular weight excluding hydrogens is 351 g/mol. The Hall–Kier alpha value is -2.86. The molecule has 0 aliphatic carbocycles. The first-order valence-corrected chi connectivity index (χ1v) is 8.91. The Balaban J connectivity index is 1.70. The van der Waals surface area contributed by atoms with Crippen molar-refractivity contribution in [1.82, 2.24) is 0 Å². The van der Waals surface area contributed by atoms with Gasteiger partial charge in [-0.05, 0) is 30.3 Å². The van der Waals surface area contributed by atoms with Crippen molar-refractivity contribution in [3.63, 3.8) is 0 Å². The molecule has 2 aromatic carbocycles. The predicted octanol–water partition coefficient (Wildman–Crippen LogP) is 5.13. The maximum absolute atomic E-state index is 13.9. The summed E-state index contributed by atoms with van der Waals surface area (Å²) in [5.74, 6) is 0.221. The highest BCUT2D eigenvalue weighted by Crippen LogP contribution is 2.31. The summed E-state index contributed by atoms with van der Waals surface area (Å²) < 4.78 is 19.2. The summed E-state index contributed by atoms with van der Waals surface area (Å²) in [7, 11) is 1.56. The number of benzene rings is 2. The van der Waals surface area contributed by atoms with Crippen LogP contribution in [0.2, 0.25) is 0 Å². The Kier molecular flexibility index (Phi) is 5.53. The fourth-order valence-electron chi connectivity index (χ4n) is 2.56. The molecule has 0 aliphatic heterocycles. The highest BCUT2D eigenvalue weighted by Gasteiger charge is 2.09. The average molecular weight is 370 g/mol. The number of thiophene rings is 1. The first kappa shape index (κ1) is 17.9. The quantitative estimate of drug-likeness (QED) is 0.632. The van der Waals surface area contributed by atoms with Gasteiger partial charge in [-0.2, -0.15) is 0 Å². The molecule has 0 aliphatic rings. The van der Waals surface area contributed by atoms with E-state index in [4.69, 9.17) is 4.74 Å². The van der Waals surface area contributed by atoms with Crippen molar-refractivity contribution < 1.29 is 13.9 Å². The van der Waals surface area contributed by atoms with Gasteiger partial charge in [-0.1, -0.05) is 18.2 Å². The summed E-state index contributed by atoms with van der Waals surface area (Å²) in [5.41, 5.74) is 2.12. The van der Waals surface area contributed by atoms with Gasteiger partial charge in [0.25, 0.3) is 0 Å². The summed E-state index contributed by atoms with van der Waals surface area (Å²) in [4.78, 5) is 13.2. The Morgan fingerprint density at radius 1 is 1.15 bits per heavy atom. The zero-order chi connectivity index (χ0) is 18.5. The summed E-state index contributed by atoms with van der Waals surface area (Å²) in [6, 6.07) is 16.2. The topological polar surface area (TPSA) is 50.4 Å². The summed E-state index contributed by atoms with van der Waals surface area (Å²) in [6.45, 7) is 2.07. The van der Waals surface area contributed by atoms with Gasteiger partial charge in [0, 0.05) is 40.5 Å². The van der Waals surface area contributed by atoms with Crippen LogP contribution in [0.5, 0.6) is 5.75 Å². The molecule has 6 heteroatoms. The van der Waals surface area contributed by atoms with Gasteiger partial charge in [0.1, 0.15) is 11.6 Å². The number of amides is 1. The minimum Gasteiger partial charge on any atom is -0.494 e. The summed E-state index contributed by atoms with van der Waals surface area (Å²) in [5, 5.41) is 6.05. The van der Waals surface area contributed by atoms with E-state index in [-0.39, 0.29) is 11.7 Å². The highest BCUT2D eigenvalue weighted by molar-refractivity contribution is 7.15. The van der Waals surface area contributed by atoms with Crippen molar-refractivity contribution >= 4 is 28.6 Å². The van der Waals surface area contributed by atoms with Crippen LogP contribution in [0.1, 0.15) is 11.8 Å². The zero-order valence-electron chi connectivity index (χ0n) is 14.5. The smallest absolute Gasteiger partial charge is 0.221 e. The van der Waals surface area contributed by atoms with Gasteiger partial charge in [-0.15, -0.1) is 11.3 Å². The van der Waals surface area contributed by atoms with E-state index in [9.17, 15) is 9.18 Å². The van der Waals surface area contributed by atoms with Crippen LogP contribution < -0.4 is 15.4 Å².